The van der Waals surface area contributed by atoms with Crippen molar-refractivity contribution in [1.29, 1.82) is 0 Å². The Morgan fingerprint density at radius 3 is 2.61 bits per heavy atom. The van der Waals surface area contributed by atoms with Gasteiger partial charge in [0.25, 0.3) is 5.91 Å². The maximum absolute atomic E-state index is 13.6. The van der Waals surface area contributed by atoms with Gasteiger partial charge < -0.3 is 19.8 Å². The molecule has 2 aromatic rings. The van der Waals surface area contributed by atoms with Gasteiger partial charge in [0.15, 0.2) is 0 Å². The summed E-state index contributed by atoms with van der Waals surface area (Å²) in [6, 6.07) is 9.28. The second-order valence-corrected chi connectivity index (χ2v) is 12.3. The lowest BCUT2D eigenvalue weighted by atomic mass is 10.00. The Balaban J connectivity index is 1.67. The highest BCUT2D eigenvalue weighted by Gasteiger charge is 2.36. The van der Waals surface area contributed by atoms with E-state index in [4.69, 9.17) is 4.74 Å². The molecule has 4 rings (SSSR count). The number of carbonyl (C=O) groups excluding carboxylic acids is 1. The largest absolute Gasteiger partial charge is 0.472 e. The number of pyridine rings is 1. The predicted molar refractivity (Wildman–Crippen MR) is 142 cm³/mol. The van der Waals surface area contributed by atoms with Gasteiger partial charge in [-0.2, -0.15) is 4.31 Å². The van der Waals surface area contributed by atoms with Crippen LogP contribution in [0, 0.1) is 17.8 Å². The smallest absolute Gasteiger partial charge is 0.259 e. The van der Waals surface area contributed by atoms with E-state index >= 15 is 0 Å². The standard InChI is InChI=1S/C28H35N3O6S/c1-20-17-31(21(2)19-32)27(33)24-15-22(11-14-28(34)12-7-8-13-28)16-29-26(24)37-25(20)18-30(3)38(35,36)23-9-5-4-6-10-23/h4-6,9-10,15-16,20-21,25,32,34H,7-8,12-13,17-19H2,1-3H3/t20-,21-,25+/m0/s1. The van der Waals surface area contributed by atoms with Crippen molar-refractivity contribution < 1.29 is 28.2 Å². The first-order valence-corrected chi connectivity index (χ1v) is 14.3. The normalized spacial score (nSPS) is 22.1. The lowest BCUT2D eigenvalue weighted by Gasteiger charge is -2.37. The van der Waals surface area contributed by atoms with Crippen molar-refractivity contribution in [3.63, 3.8) is 0 Å². The summed E-state index contributed by atoms with van der Waals surface area (Å²) in [6.45, 7) is 3.68. The molecule has 10 heteroatoms. The van der Waals surface area contributed by atoms with Gasteiger partial charge in [0.05, 0.1) is 24.1 Å². The van der Waals surface area contributed by atoms with Crippen molar-refractivity contribution in [2.45, 2.75) is 62.2 Å². The average molecular weight is 542 g/mol. The van der Waals surface area contributed by atoms with E-state index in [1.165, 1.54) is 17.5 Å². The highest BCUT2D eigenvalue weighted by molar-refractivity contribution is 7.89. The van der Waals surface area contributed by atoms with E-state index in [-0.39, 0.29) is 47.9 Å². The monoisotopic (exact) mass is 541 g/mol. The molecule has 0 spiro atoms. The first kappa shape index (κ1) is 28.0. The first-order valence-electron chi connectivity index (χ1n) is 12.9. The lowest BCUT2D eigenvalue weighted by Crippen LogP contribution is -2.50. The van der Waals surface area contributed by atoms with Crippen LogP contribution in [0.1, 0.15) is 55.5 Å². The maximum atomic E-state index is 13.6. The zero-order valence-electron chi connectivity index (χ0n) is 22.0. The number of fused-ring (bicyclic) bond motifs is 1. The number of ether oxygens (including phenoxy) is 1. The van der Waals surface area contributed by atoms with Crippen molar-refractivity contribution >= 4 is 15.9 Å². The number of benzene rings is 1. The molecule has 0 unspecified atom stereocenters. The summed E-state index contributed by atoms with van der Waals surface area (Å²) in [4.78, 5) is 19.7. The van der Waals surface area contributed by atoms with Gasteiger partial charge in [-0.3, -0.25) is 4.79 Å². The van der Waals surface area contributed by atoms with Gasteiger partial charge in [0.1, 0.15) is 17.3 Å². The molecule has 3 atom stereocenters. The molecule has 1 aliphatic heterocycles. The molecule has 9 nitrogen and oxygen atoms in total. The number of sulfonamides is 1. The second-order valence-electron chi connectivity index (χ2n) is 10.3. The molecule has 1 aromatic heterocycles. The fraction of sp³-hybridized carbons (Fsp3) is 0.500. The van der Waals surface area contributed by atoms with Gasteiger partial charge in [0, 0.05) is 31.3 Å². The number of rotatable bonds is 6. The van der Waals surface area contributed by atoms with Crippen molar-refractivity contribution in [2.24, 2.45) is 5.92 Å². The van der Waals surface area contributed by atoms with Gasteiger partial charge in [-0.25, -0.2) is 13.4 Å². The number of aliphatic hydroxyl groups excluding tert-OH is 1. The Morgan fingerprint density at radius 1 is 1.26 bits per heavy atom. The minimum atomic E-state index is -3.76. The fourth-order valence-electron chi connectivity index (χ4n) is 4.79. The molecule has 2 heterocycles. The van der Waals surface area contributed by atoms with Gasteiger partial charge in [-0.1, -0.05) is 37.0 Å². The number of nitrogens with zero attached hydrogens (tertiary/aromatic N) is 3. The highest BCUT2D eigenvalue weighted by atomic mass is 32.2. The predicted octanol–water partition coefficient (Wildman–Crippen LogP) is 2.28. The molecule has 1 fully saturated rings. The van der Waals surface area contributed by atoms with E-state index in [1.54, 1.807) is 48.2 Å². The van der Waals surface area contributed by atoms with Crippen molar-refractivity contribution in [1.82, 2.24) is 14.2 Å². The molecule has 2 aliphatic rings. The summed E-state index contributed by atoms with van der Waals surface area (Å²) in [5.41, 5.74) is -0.384. The molecule has 38 heavy (non-hydrogen) atoms. The Morgan fingerprint density at radius 2 is 1.95 bits per heavy atom. The zero-order chi connectivity index (χ0) is 27.5. The SMILES string of the molecule is C[C@H]1CN([C@@H](C)CO)C(=O)c2cc(C#CC3(O)CCCC3)cnc2O[C@@H]1CN(C)S(=O)(=O)c1ccccc1. The summed E-state index contributed by atoms with van der Waals surface area (Å²) in [7, 11) is -2.27. The summed E-state index contributed by atoms with van der Waals surface area (Å²) < 4.78 is 33.8. The number of amides is 1. The summed E-state index contributed by atoms with van der Waals surface area (Å²) >= 11 is 0. The highest BCUT2D eigenvalue weighted by Crippen LogP contribution is 2.30. The van der Waals surface area contributed by atoms with Gasteiger partial charge >= 0.3 is 0 Å². The molecule has 204 valence electrons. The van der Waals surface area contributed by atoms with Crippen molar-refractivity contribution in [3.8, 4) is 17.7 Å². The Bertz CT molecular complexity index is 1320. The van der Waals surface area contributed by atoms with Gasteiger partial charge in [0.2, 0.25) is 15.9 Å². The van der Waals surface area contributed by atoms with Crippen LogP contribution in [0.25, 0.3) is 0 Å². The van der Waals surface area contributed by atoms with Crippen LogP contribution in [-0.4, -0.2) is 83.2 Å². The van der Waals surface area contributed by atoms with Crippen LogP contribution < -0.4 is 4.74 Å². The van der Waals surface area contributed by atoms with E-state index in [2.05, 4.69) is 16.8 Å². The number of carbonyl (C=O) groups is 1. The van der Waals surface area contributed by atoms with E-state index in [0.29, 0.717) is 18.4 Å². The first-order chi connectivity index (χ1) is 18.0. The average Bonchev–Trinajstić information content (AvgIpc) is 3.36. The Labute approximate surface area is 224 Å². The minimum absolute atomic E-state index is 0.0314. The molecular formula is C28H35N3O6S. The summed E-state index contributed by atoms with van der Waals surface area (Å²) in [5.74, 6) is 5.34. The van der Waals surface area contributed by atoms with Crippen LogP contribution in [0.5, 0.6) is 5.88 Å². The fourth-order valence-corrected chi connectivity index (χ4v) is 5.99. The van der Waals surface area contributed by atoms with Crippen LogP contribution in [0.3, 0.4) is 0 Å². The third kappa shape index (κ3) is 6.02. The quantitative estimate of drug-likeness (QED) is 0.539. The second kappa shape index (κ2) is 11.4. The molecule has 0 saturated heterocycles. The van der Waals surface area contributed by atoms with Gasteiger partial charge in [-0.15, -0.1) is 0 Å². The molecule has 0 radical (unpaired) electrons. The van der Waals surface area contributed by atoms with Crippen LogP contribution in [0.15, 0.2) is 47.5 Å². The molecule has 2 N–H and O–H groups in total. The van der Waals surface area contributed by atoms with Gasteiger partial charge in [-0.05, 0) is 50.8 Å². The van der Waals surface area contributed by atoms with Crippen LogP contribution in [0.2, 0.25) is 0 Å². The number of hydrogen-bond acceptors (Lipinski definition) is 7. The molecule has 1 saturated carbocycles. The molecule has 1 aromatic carbocycles. The van der Waals surface area contributed by atoms with Crippen LogP contribution in [-0.2, 0) is 10.0 Å². The van der Waals surface area contributed by atoms with Crippen molar-refractivity contribution in [3.05, 3.63) is 53.7 Å². The topological polar surface area (TPSA) is 120 Å². The van der Waals surface area contributed by atoms with E-state index in [9.17, 15) is 23.4 Å². The number of aromatic nitrogens is 1. The van der Waals surface area contributed by atoms with E-state index < -0.39 is 27.8 Å². The maximum Gasteiger partial charge on any atom is 0.259 e. The minimum Gasteiger partial charge on any atom is -0.472 e. The third-order valence-electron chi connectivity index (χ3n) is 7.28. The molecule has 1 amide bonds. The Kier molecular flexibility index (Phi) is 8.43. The number of hydrogen-bond donors (Lipinski definition) is 2. The summed E-state index contributed by atoms with van der Waals surface area (Å²) in [5, 5.41) is 20.4. The lowest BCUT2D eigenvalue weighted by molar-refractivity contribution is 0.0373. The Hall–Kier alpha value is -2.97. The molecular weight excluding hydrogens is 506 g/mol. The van der Waals surface area contributed by atoms with E-state index in [1.807, 2.05) is 6.92 Å². The zero-order valence-corrected chi connectivity index (χ0v) is 22.8. The van der Waals surface area contributed by atoms with E-state index in [0.717, 1.165) is 12.8 Å². The third-order valence-corrected chi connectivity index (χ3v) is 9.12. The molecule has 0 bridgehead atoms. The van der Waals surface area contributed by atoms with Crippen LogP contribution >= 0.6 is 0 Å². The molecule has 1 aliphatic carbocycles. The number of aliphatic hydroxyl groups is 2. The number of likely N-dealkylation sites (N-methyl/N-ethyl adjacent to an activating group) is 1. The van der Waals surface area contributed by atoms with Crippen molar-refractivity contribution in [2.75, 3.05) is 26.7 Å². The summed E-state index contributed by atoms with van der Waals surface area (Å²) in [6.07, 6.45) is 3.93. The van der Waals surface area contributed by atoms with Crippen LogP contribution in [0.4, 0.5) is 0 Å².